The monoisotopic (exact) mass is 427 g/mol. The second-order valence-corrected chi connectivity index (χ2v) is 7.51. The van der Waals surface area contributed by atoms with E-state index < -0.39 is 0 Å². The number of aromatic nitrogens is 2. The number of nitrogens with one attached hydrogen (secondary N) is 1. The molecule has 3 aromatic rings. The number of carbonyl (C=O) groups excluding carboxylic acids is 1. The Balaban J connectivity index is 1.35. The summed E-state index contributed by atoms with van der Waals surface area (Å²) in [4.78, 5) is 16.4. The Morgan fingerprint density at radius 1 is 0.897 bits per heavy atom. The third-order valence-electron chi connectivity index (χ3n) is 4.78. The van der Waals surface area contributed by atoms with Gasteiger partial charge in [-0.3, -0.25) is 0 Å². The molecule has 0 atom stereocenters. The predicted octanol–water partition coefficient (Wildman–Crippen LogP) is 4.80. The van der Waals surface area contributed by atoms with Crippen LogP contribution in [-0.4, -0.2) is 47.3 Å². The van der Waals surface area contributed by atoms with E-state index in [2.05, 4.69) is 20.4 Å². The Labute approximate surface area is 179 Å². The summed E-state index contributed by atoms with van der Waals surface area (Å²) in [5, 5.41) is 12.5. The molecule has 2 heterocycles. The first-order valence-electron chi connectivity index (χ1n) is 9.25. The first-order valence-corrected chi connectivity index (χ1v) is 10.0. The van der Waals surface area contributed by atoms with Gasteiger partial charge < -0.3 is 15.1 Å². The van der Waals surface area contributed by atoms with Crippen molar-refractivity contribution in [1.29, 1.82) is 0 Å². The number of urea groups is 1. The molecule has 1 aromatic heterocycles. The molecular formula is C21H19Cl2N5O. The summed E-state index contributed by atoms with van der Waals surface area (Å²) in [5.41, 5.74) is 2.38. The van der Waals surface area contributed by atoms with E-state index in [-0.39, 0.29) is 6.03 Å². The average Bonchev–Trinajstić information content (AvgIpc) is 2.77. The van der Waals surface area contributed by atoms with Crippen molar-refractivity contribution >= 4 is 40.7 Å². The Morgan fingerprint density at radius 2 is 1.66 bits per heavy atom. The van der Waals surface area contributed by atoms with Crippen LogP contribution in [0, 0.1) is 0 Å². The van der Waals surface area contributed by atoms with Gasteiger partial charge in [-0.25, -0.2) is 4.79 Å². The highest BCUT2D eigenvalue weighted by molar-refractivity contribution is 6.35. The number of hydrogen-bond acceptors (Lipinski definition) is 4. The molecule has 0 bridgehead atoms. The third kappa shape index (κ3) is 4.60. The zero-order valence-corrected chi connectivity index (χ0v) is 17.1. The van der Waals surface area contributed by atoms with E-state index >= 15 is 0 Å². The van der Waals surface area contributed by atoms with Crippen molar-refractivity contribution in [2.75, 3.05) is 36.4 Å². The van der Waals surface area contributed by atoms with Crippen LogP contribution in [-0.2, 0) is 0 Å². The van der Waals surface area contributed by atoms with Gasteiger partial charge in [0.1, 0.15) is 0 Å². The fourth-order valence-corrected chi connectivity index (χ4v) is 3.52. The number of amides is 2. The molecule has 0 spiro atoms. The summed E-state index contributed by atoms with van der Waals surface area (Å²) < 4.78 is 0. The molecule has 1 aliphatic rings. The summed E-state index contributed by atoms with van der Waals surface area (Å²) >= 11 is 12.1. The van der Waals surface area contributed by atoms with Gasteiger partial charge >= 0.3 is 6.03 Å². The highest BCUT2D eigenvalue weighted by Crippen LogP contribution is 2.26. The molecule has 2 amide bonds. The van der Waals surface area contributed by atoms with Crippen LogP contribution in [0.2, 0.25) is 10.0 Å². The lowest BCUT2D eigenvalue weighted by Gasteiger charge is -2.35. The van der Waals surface area contributed by atoms with Crippen molar-refractivity contribution in [2.24, 2.45) is 0 Å². The molecule has 6 nitrogen and oxygen atoms in total. The molecule has 1 aliphatic heterocycles. The van der Waals surface area contributed by atoms with Crippen LogP contribution in [0.1, 0.15) is 0 Å². The molecule has 1 saturated heterocycles. The number of nitrogens with zero attached hydrogens (tertiary/aromatic N) is 4. The largest absolute Gasteiger partial charge is 0.352 e. The lowest BCUT2D eigenvalue weighted by atomic mass is 10.1. The average molecular weight is 428 g/mol. The molecule has 4 rings (SSSR count). The lowest BCUT2D eigenvalue weighted by molar-refractivity contribution is 0.208. The van der Waals surface area contributed by atoms with E-state index in [9.17, 15) is 4.79 Å². The van der Waals surface area contributed by atoms with E-state index in [0.29, 0.717) is 41.9 Å². The minimum Gasteiger partial charge on any atom is -0.352 e. The minimum absolute atomic E-state index is 0.195. The summed E-state index contributed by atoms with van der Waals surface area (Å²) in [6, 6.07) is 18.7. The Morgan fingerprint density at radius 3 is 2.34 bits per heavy atom. The van der Waals surface area contributed by atoms with E-state index in [1.165, 1.54) is 0 Å². The van der Waals surface area contributed by atoms with Gasteiger partial charge in [-0.05, 0) is 30.3 Å². The van der Waals surface area contributed by atoms with Crippen molar-refractivity contribution in [1.82, 2.24) is 15.1 Å². The van der Waals surface area contributed by atoms with E-state index in [1.807, 2.05) is 42.5 Å². The second kappa shape index (κ2) is 8.68. The zero-order valence-electron chi connectivity index (χ0n) is 15.6. The van der Waals surface area contributed by atoms with Gasteiger partial charge in [-0.1, -0.05) is 53.5 Å². The van der Waals surface area contributed by atoms with Crippen molar-refractivity contribution < 1.29 is 4.79 Å². The van der Waals surface area contributed by atoms with Gasteiger partial charge in [0.25, 0.3) is 0 Å². The van der Waals surface area contributed by atoms with Gasteiger partial charge in [0.15, 0.2) is 5.82 Å². The van der Waals surface area contributed by atoms with Gasteiger partial charge in [0, 0.05) is 36.8 Å². The maximum Gasteiger partial charge on any atom is 0.322 e. The molecule has 0 unspecified atom stereocenters. The first-order chi connectivity index (χ1) is 14.1. The Bertz CT molecular complexity index is 990. The lowest BCUT2D eigenvalue weighted by Crippen LogP contribution is -2.50. The van der Waals surface area contributed by atoms with Crippen molar-refractivity contribution in [3.8, 4) is 11.3 Å². The van der Waals surface area contributed by atoms with Gasteiger partial charge in [-0.15, -0.1) is 10.2 Å². The highest BCUT2D eigenvalue weighted by Gasteiger charge is 2.22. The number of piperazine rings is 1. The van der Waals surface area contributed by atoms with Crippen LogP contribution in [0.4, 0.5) is 16.3 Å². The minimum atomic E-state index is -0.195. The van der Waals surface area contributed by atoms with Crippen LogP contribution in [0.3, 0.4) is 0 Å². The smallest absolute Gasteiger partial charge is 0.322 e. The van der Waals surface area contributed by atoms with Crippen molar-refractivity contribution in [3.05, 3.63) is 70.7 Å². The molecule has 1 fully saturated rings. The van der Waals surface area contributed by atoms with Crippen LogP contribution in [0.25, 0.3) is 11.3 Å². The maximum atomic E-state index is 12.5. The number of halogens is 2. The van der Waals surface area contributed by atoms with Crippen molar-refractivity contribution in [3.63, 3.8) is 0 Å². The molecule has 29 heavy (non-hydrogen) atoms. The van der Waals surface area contributed by atoms with E-state index in [4.69, 9.17) is 23.2 Å². The fourth-order valence-electron chi connectivity index (χ4n) is 3.18. The normalized spacial score (nSPS) is 14.0. The molecule has 0 saturated carbocycles. The molecule has 0 radical (unpaired) electrons. The zero-order chi connectivity index (χ0) is 20.2. The van der Waals surface area contributed by atoms with Crippen LogP contribution in [0.5, 0.6) is 0 Å². The SMILES string of the molecule is O=C(Nc1cc(Cl)ccc1Cl)N1CCN(c2ccc(-c3ccccc3)nn2)CC1. The predicted molar refractivity (Wildman–Crippen MR) is 117 cm³/mol. The molecule has 0 aliphatic carbocycles. The standard InChI is InChI=1S/C21H19Cl2N5O/c22-16-6-7-17(23)19(14-16)24-21(29)28-12-10-27(11-13-28)20-9-8-18(25-26-20)15-4-2-1-3-5-15/h1-9,14H,10-13H2,(H,24,29). The molecular weight excluding hydrogens is 409 g/mol. The summed E-state index contributed by atoms with van der Waals surface area (Å²) in [7, 11) is 0. The van der Waals surface area contributed by atoms with Gasteiger partial charge in [0.2, 0.25) is 0 Å². The summed E-state index contributed by atoms with van der Waals surface area (Å²) in [6.45, 7) is 2.50. The fraction of sp³-hybridized carbons (Fsp3) is 0.190. The maximum absolute atomic E-state index is 12.5. The van der Waals surface area contributed by atoms with Crippen LogP contribution in [0.15, 0.2) is 60.7 Å². The molecule has 2 aromatic carbocycles. The molecule has 1 N–H and O–H groups in total. The first kappa shape index (κ1) is 19.5. The number of rotatable bonds is 3. The molecule has 8 heteroatoms. The number of hydrogen-bond donors (Lipinski definition) is 1. The number of benzene rings is 2. The van der Waals surface area contributed by atoms with Crippen LogP contribution < -0.4 is 10.2 Å². The van der Waals surface area contributed by atoms with Gasteiger partial charge in [-0.2, -0.15) is 0 Å². The second-order valence-electron chi connectivity index (χ2n) is 6.67. The van der Waals surface area contributed by atoms with Crippen LogP contribution >= 0.6 is 23.2 Å². The van der Waals surface area contributed by atoms with Crippen molar-refractivity contribution in [2.45, 2.75) is 0 Å². The number of anilines is 2. The topological polar surface area (TPSA) is 61.4 Å². The molecule has 148 valence electrons. The Kier molecular flexibility index (Phi) is 5.83. The third-order valence-corrected chi connectivity index (χ3v) is 5.35. The Hall–Kier alpha value is -2.83. The summed E-state index contributed by atoms with van der Waals surface area (Å²) in [5.74, 6) is 0.808. The number of carbonyl (C=O) groups is 1. The summed E-state index contributed by atoms with van der Waals surface area (Å²) in [6.07, 6.45) is 0. The van der Waals surface area contributed by atoms with E-state index in [1.54, 1.807) is 23.1 Å². The highest BCUT2D eigenvalue weighted by atomic mass is 35.5. The van der Waals surface area contributed by atoms with Gasteiger partial charge in [0.05, 0.1) is 16.4 Å². The van der Waals surface area contributed by atoms with E-state index in [0.717, 1.165) is 17.1 Å². The quantitative estimate of drug-likeness (QED) is 0.651.